The molecule has 0 aliphatic heterocycles. The van der Waals surface area contributed by atoms with E-state index in [0.29, 0.717) is 13.0 Å². The molecule has 1 amide bonds. The van der Waals surface area contributed by atoms with Crippen molar-refractivity contribution in [2.24, 2.45) is 11.7 Å². The van der Waals surface area contributed by atoms with E-state index in [1.54, 1.807) is 13.8 Å². The van der Waals surface area contributed by atoms with Crippen molar-refractivity contribution >= 4 is 30.7 Å². The zero-order valence-electron chi connectivity index (χ0n) is 11.9. The predicted octanol–water partition coefficient (Wildman–Crippen LogP) is 1.81. The minimum absolute atomic E-state index is 0. The Balaban J connectivity index is -0.00000144. The van der Waals surface area contributed by atoms with Crippen LogP contribution in [0.5, 0.6) is 0 Å². The van der Waals surface area contributed by atoms with E-state index in [0.717, 1.165) is 0 Å². The molecular formula is C11H24Cl2F3N3O. The normalized spacial score (nSPS) is 14.0. The Morgan fingerprint density at radius 1 is 1.30 bits per heavy atom. The summed E-state index contributed by atoms with van der Waals surface area (Å²) in [6.45, 7) is 3.17. The van der Waals surface area contributed by atoms with Crippen molar-refractivity contribution in [2.75, 3.05) is 26.7 Å². The molecule has 0 spiro atoms. The SMILES string of the molecule is CC(N)C(C)C(=O)NCCCN(C)CC(F)(F)F.Cl.Cl. The second kappa shape index (κ2) is 11.4. The van der Waals surface area contributed by atoms with Gasteiger partial charge in [0.1, 0.15) is 0 Å². The zero-order chi connectivity index (χ0) is 14.3. The Morgan fingerprint density at radius 3 is 2.20 bits per heavy atom. The van der Waals surface area contributed by atoms with E-state index in [4.69, 9.17) is 5.73 Å². The third-order valence-electron chi connectivity index (χ3n) is 2.67. The second-order valence-electron chi connectivity index (χ2n) is 4.65. The average Bonchev–Trinajstić information content (AvgIpc) is 2.20. The van der Waals surface area contributed by atoms with Crippen LogP contribution in [-0.4, -0.2) is 49.7 Å². The first-order chi connectivity index (χ1) is 8.13. The van der Waals surface area contributed by atoms with Crippen molar-refractivity contribution in [1.29, 1.82) is 0 Å². The fraction of sp³-hybridized carbons (Fsp3) is 0.909. The summed E-state index contributed by atoms with van der Waals surface area (Å²) >= 11 is 0. The van der Waals surface area contributed by atoms with Crippen LogP contribution in [0.3, 0.4) is 0 Å². The summed E-state index contributed by atoms with van der Waals surface area (Å²) < 4.78 is 36.0. The monoisotopic (exact) mass is 341 g/mol. The van der Waals surface area contributed by atoms with E-state index in [9.17, 15) is 18.0 Å². The molecular weight excluding hydrogens is 318 g/mol. The lowest BCUT2D eigenvalue weighted by Crippen LogP contribution is -2.39. The molecule has 2 unspecified atom stereocenters. The minimum atomic E-state index is -4.18. The maximum atomic E-state index is 12.0. The summed E-state index contributed by atoms with van der Waals surface area (Å²) in [5.41, 5.74) is 5.56. The quantitative estimate of drug-likeness (QED) is 0.694. The molecule has 0 aliphatic carbocycles. The van der Waals surface area contributed by atoms with Crippen molar-refractivity contribution in [3.05, 3.63) is 0 Å². The van der Waals surface area contributed by atoms with E-state index in [2.05, 4.69) is 5.32 Å². The van der Waals surface area contributed by atoms with Crippen LogP contribution in [0.15, 0.2) is 0 Å². The molecule has 0 rings (SSSR count). The summed E-state index contributed by atoms with van der Waals surface area (Å²) in [5, 5.41) is 2.66. The number of hydrogen-bond acceptors (Lipinski definition) is 3. The van der Waals surface area contributed by atoms with Gasteiger partial charge in [0.2, 0.25) is 5.91 Å². The maximum absolute atomic E-state index is 12.0. The molecule has 0 aromatic rings. The third kappa shape index (κ3) is 12.8. The first-order valence-corrected chi connectivity index (χ1v) is 5.92. The molecule has 124 valence electrons. The maximum Gasteiger partial charge on any atom is 0.401 e. The van der Waals surface area contributed by atoms with Crippen molar-refractivity contribution < 1.29 is 18.0 Å². The Labute approximate surface area is 130 Å². The summed E-state index contributed by atoms with van der Waals surface area (Å²) in [7, 11) is 1.40. The van der Waals surface area contributed by atoms with Crippen LogP contribution in [0.4, 0.5) is 13.2 Å². The minimum Gasteiger partial charge on any atom is -0.356 e. The summed E-state index contributed by atoms with van der Waals surface area (Å²) in [5.74, 6) is -0.457. The smallest absolute Gasteiger partial charge is 0.356 e. The van der Waals surface area contributed by atoms with Gasteiger partial charge < -0.3 is 11.1 Å². The van der Waals surface area contributed by atoms with Gasteiger partial charge in [-0.25, -0.2) is 0 Å². The number of halogens is 5. The number of carbonyl (C=O) groups is 1. The highest BCUT2D eigenvalue weighted by Gasteiger charge is 2.28. The standard InChI is InChI=1S/C11H22F3N3O.2ClH/c1-8(9(2)15)10(18)16-5-4-6-17(3)7-11(12,13)14;;/h8-9H,4-7,15H2,1-3H3,(H,16,18);2*1H. The van der Waals surface area contributed by atoms with Crippen molar-refractivity contribution in [2.45, 2.75) is 32.5 Å². The van der Waals surface area contributed by atoms with Crippen LogP contribution in [0.25, 0.3) is 0 Å². The zero-order valence-corrected chi connectivity index (χ0v) is 13.5. The summed E-state index contributed by atoms with van der Waals surface area (Å²) in [6.07, 6.45) is -3.70. The van der Waals surface area contributed by atoms with Gasteiger partial charge in [0.25, 0.3) is 0 Å². The molecule has 0 fully saturated rings. The first kappa shape index (κ1) is 24.8. The largest absolute Gasteiger partial charge is 0.401 e. The Hall–Kier alpha value is -0.240. The van der Waals surface area contributed by atoms with Crippen LogP contribution < -0.4 is 11.1 Å². The number of nitrogens with zero attached hydrogens (tertiary/aromatic N) is 1. The lowest BCUT2D eigenvalue weighted by molar-refractivity contribution is -0.143. The van der Waals surface area contributed by atoms with Crippen molar-refractivity contribution in [3.8, 4) is 0 Å². The van der Waals surface area contributed by atoms with Gasteiger partial charge in [-0.2, -0.15) is 13.2 Å². The molecule has 0 aromatic heterocycles. The molecule has 20 heavy (non-hydrogen) atoms. The van der Waals surface area contributed by atoms with Crippen LogP contribution in [0.1, 0.15) is 20.3 Å². The molecule has 3 N–H and O–H groups in total. The van der Waals surface area contributed by atoms with Gasteiger partial charge in [-0.15, -0.1) is 24.8 Å². The number of nitrogens with one attached hydrogen (secondary N) is 1. The lowest BCUT2D eigenvalue weighted by atomic mass is 10.0. The van der Waals surface area contributed by atoms with Crippen LogP contribution in [0, 0.1) is 5.92 Å². The molecule has 0 saturated carbocycles. The second-order valence-corrected chi connectivity index (χ2v) is 4.65. The van der Waals surface area contributed by atoms with E-state index in [-0.39, 0.29) is 49.2 Å². The molecule has 0 aliphatic rings. The van der Waals surface area contributed by atoms with Crippen LogP contribution in [0.2, 0.25) is 0 Å². The number of nitrogens with two attached hydrogens (primary N) is 1. The lowest BCUT2D eigenvalue weighted by Gasteiger charge is -2.19. The average molecular weight is 342 g/mol. The highest BCUT2D eigenvalue weighted by Crippen LogP contribution is 2.15. The van der Waals surface area contributed by atoms with Gasteiger partial charge in [-0.05, 0) is 26.9 Å². The van der Waals surface area contributed by atoms with E-state index in [1.807, 2.05) is 0 Å². The van der Waals surface area contributed by atoms with E-state index < -0.39 is 12.7 Å². The molecule has 0 bridgehead atoms. The molecule has 9 heteroatoms. The number of amides is 1. The van der Waals surface area contributed by atoms with E-state index >= 15 is 0 Å². The highest BCUT2D eigenvalue weighted by molar-refractivity contribution is 5.85. The van der Waals surface area contributed by atoms with Crippen molar-refractivity contribution in [1.82, 2.24) is 10.2 Å². The number of carbonyl (C=O) groups excluding carboxylic acids is 1. The first-order valence-electron chi connectivity index (χ1n) is 5.92. The Morgan fingerprint density at radius 2 is 1.80 bits per heavy atom. The molecule has 2 atom stereocenters. The molecule has 0 heterocycles. The number of hydrogen-bond donors (Lipinski definition) is 2. The number of alkyl halides is 3. The summed E-state index contributed by atoms with van der Waals surface area (Å²) in [6, 6.07) is -0.238. The van der Waals surface area contributed by atoms with Gasteiger partial charge in [0.15, 0.2) is 0 Å². The van der Waals surface area contributed by atoms with Gasteiger partial charge in [-0.3, -0.25) is 9.69 Å². The third-order valence-corrected chi connectivity index (χ3v) is 2.67. The van der Waals surface area contributed by atoms with Crippen molar-refractivity contribution in [3.63, 3.8) is 0 Å². The molecule has 0 radical (unpaired) electrons. The van der Waals surface area contributed by atoms with Gasteiger partial charge >= 0.3 is 6.18 Å². The fourth-order valence-corrected chi connectivity index (χ4v) is 1.35. The predicted molar refractivity (Wildman–Crippen MR) is 78.5 cm³/mol. The van der Waals surface area contributed by atoms with Gasteiger partial charge in [0.05, 0.1) is 6.54 Å². The summed E-state index contributed by atoms with van der Waals surface area (Å²) in [4.78, 5) is 12.7. The van der Waals surface area contributed by atoms with Crippen LogP contribution in [-0.2, 0) is 4.79 Å². The Kier molecular flexibility index (Phi) is 14.1. The van der Waals surface area contributed by atoms with Gasteiger partial charge in [0, 0.05) is 18.5 Å². The fourth-order valence-electron chi connectivity index (χ4n) is 1.35. The molecule has 0 aromatic carbocycles. The highest BCUT2D eigenvalue weighted by atomic mass is 35.5. The van der Waals surface area contributed by atoms with Crippen LogP contribution >= 0.6 is 24.8 Å². The van der Waals surface area contributed by atoms with Gasteiger partial charge in [-0.1, -0.05) is 6.92 Å². The topological polar surface area (TPSA) is 58.4 Å². The molecule has 0 saturated heterocycles. The Bertz CT molecular complexity index is 266. The number of rotatable bonds is 7. The van der Waals surface area contributed by atoms with E-state index in [1.165, 1.54) is 11.9 Å². The molecule has 4 nitrogen and oxygen atoms in total.